The van der Waals surface area contributed by atoms with Crippen molar-refractivity contribution in [1.29, 1.82) is 0 Å². The molecule has 3 heterocycles. The minimum absolute atomic E-state index is 0.00419. The van der Waals surface area contributed by atoms with Crippen molar-refractivity contribution in [3.05, 3.63) is 23.8 Å². The Morgan fingerprint density at radius 2 is 1.86 bits per heavy atom. The van der Waals surface area contributed by atoms with Gasteiger partial charge in [0, 0.05) is 39.3 Å². The maximum absolute atomic E-state index is 13.3. The van der Waals surface area contributed by atoms with Crippen molar-refractivity contribution in [3.8, 4) is 0 Å². The van der Waals surface area contributed by atoms with Crippen molar-refractivity contribution in [2.24, 2.45) is 0 Å². The number of amides is 3. The van der Waals surface area contributed by atoms with Gasteiger partial charge < -0.3 is 19.4 Å². The second-order valence-corrected chi connectivity index (χ2v) is 8.03. The van der Waals surface area contributed by atoms with Crippen LogP contribution in [0.3, 0.4) is 0 Å². The fourth-order valence-electron chi connectivity index (χ4n) is 4.36. The molecule has 2 saturated heterocycles. The van der Waals surface area contributed by atoms with Crippen molar-refractivity contribution < 1.29 is 19.1 Å². The smallest absolute Gasteiger partial charge is 0.253 e. The summed E-state index contributed by atoms with van der Waals surface area (Å²) in [6.45, 7) is 2.94. The fraction of sp³-hybridized carbons (Fsp3) is 0.571. The van der Waals surface area contributed by atoms with E-state index in [1.54, 1.807) is 30.0 Å². The Labute approximate surface area is 171 Å². The van der Waals surface area contributed by atoms with Gasteiger partial charge in [-0.1, -0.05) is 0 Å². The third-order valence-corrected chi connectivity index (χ3v) is 5.94. The number of hydrogen-bond acceptors (Lipinski definition) is 5. The second-order valence-electron chi connectivity index (χ2n) is 8.03. The lowest BCUT2D eigenvalue weighted by Crippen LogP contribution is -2.57. The molecule has 1 aromatic rings. The first-order valence-electron chi connectivity index (χ1n) is 10.3. The summed E-state index contributed by atoms with van der Waals surface area (Å²) in [4.78, 5) is 45.7. The fourth-order valence-corrected chi connectivity index (χ4v) is 4.36. The van der Waals surface area contributed by atoms with Crippen LogP contribution in [0.2, 0.25) is 0 Å². The number of ether oxygens (including phenoxy) is 1. The average Bonchev–Trinajstić information content (AvgIpc) is 2.76. The first kappa shape index (κ1) is 19.7. The highest BCUT2D eigenvalue weighted by Crippen LogP contribution is 2.40. The second kappa shape index (κ2) is 8.02. The van der Waals surface area contributed by atoms with Crippen molar-refractivity contribution in [2.45, 2.75) is 25.3 Å². The number of carbonyl (C=O) groups is 3. The van der Waals surface area contributed by atoms with E-state index in [-0.39, 0.29) is 30.3 Å². The summed E-state index contributed by atoms with van der Waals surface area (Å²) in [5, 5.41) is 0. The number of fused-ring (bicyclic) bond motifs is 3. The predicted molar refractivity (Wildman–Crippen MR) is 109 cm³/mol. The molecule has 0 aliphatic carbocycles. The SMILES string of the molecule is CN(C)C(=O)c1ccc2c(c1)N(CC(=O)N1CCOCC1)C(=O)C1CCCCN21. The Bertz CT molecular complexity index is 819. The van der Waals surface area contributed by atoms with Gasteiger partial charge in [-0.05, 0) is 37.5 Å². The van der Waals surface area contributed by atoms with E-state index in [0.717, 1.165) is 31.5 Å². The molecule has 0 aromatic heterocycles. The first-order chi connectivity index (χ1) is 14.0. The molecule has 3 aliphatic rings. The topological polar surface area (TPSA) is 73.4 Å². The van der Waals surface area contributed by atoms with E-state index in [0.29, 0.717) is 37.6 Å². The van der Waals surface area contributed by atoms with Crippen LogP contribution in [0.15, 0.2) is 18.2 Å². The summed E-state index contributed by atoms with van der Waals surface area (Å²) < 4.78 is 5.33. The first-order valence-corrected chi connectivity index (χ1v) is 10.3. The summed E-state index contributed by atoms with van der Waals surface area (Å²) in [7, 11) is 3.40. The predicted octanol–water partition coefficient (Wildman–Crippen LogP) is 0.953. The van der Waals surface area contributed by atoms with Gasteiger partial charge in [-0.2, -0.15) is 0 Å². The largest absolute Gasteiger partial charge is 0.378 e. The molecule has 0 saturated carbocycles. The molecule has 0 spiro atoms. The van der Waals surface area contributed by atoms with Crippen LogP contribution in [0.4, 0.5) is 11.4 Å². The van der Waals surface area contributed by atoms with E-state index in [4.69, 9.17) is 4.74 Å². The number of morpholine rings is 1. The van der Waals surface area contributed by atoms with Gasteiger partial charge in [0.1, 0.15) is 12.6 Å². The lowest BCUT2D eigenvalue weighted by atomic mass is 9.95. The number of anilines is 2. The number of benzene rings is 1. The van der Waals surface area contributed by atoms with Gasteiger partial charge in [0.25, 0.3) is 5.91 Å². The Morgan fingerprint density at radius 1 is 1.10 bits per heavy atom. The Balaban J connectivity index is 1.69. The molecular formula is C21H28N4O4. The van der Waals surface area contributed by atoms with E-state index < -0.39 is 0 Å². The quantitative estimate of drug-likeness (QED) is 0.756. The molecule has 4 rings (SSSR count). The maximum Gasteiger partial charge on any atom is 0.253 e. The van der Waals surface area contributed by atoms with Gasteiger partial charge in [0.05, 0.1) is 24.6 Å². The van der Waals surface area contributed by atoms with Crippen molar-refractivity contribution in [1.82, 2.24) is 9.80 Å². The Morgan fingerprint density at radius 3 is 2.59 bits per heavy atom. The zero-order chi connectivity index (χ0) is 20.5. The van der Waals surface area contributed by atoms with E-state index in [9.17, 15) is 14.4 Å². The van der Waals surface area contributed by atoms with Gasteiger partial charge in [0.15, 0.2) is 0 Å². The summed E-state index contributed by atoms with van der Waals surface area (Å²) in [5.74, 6) is -0.255. The third kappa shape index (κ3) is 3.69. The van der Waals surface area contributed by atoms with Gasteiger partial charge in [-0.3, -0.25) is 19.3 Å². The minimum atomic E-state index is -0.232. The van der Waals surface area contributed by atoms with Gasteiger partial charge in [-0.25, -0.2) is 0 Å². The normalized spacial score (nSPS) is 21.5. The average molecular weight is 400 g/mol. The summed E-state index contributed by atoms with van der Waals surface area (Å²) >= 11 is 0. The van der Waals surface area contributed by atoms with Crippen LogP contribution in [-0.2, 0) is 14.3 Å². The highest BCUT2D eigenvalue weighted by atomic mass is 16.5. The number of nitrogens with zero attached hydrogens (tertiary/aromatic N) is 4. The van der Waals surface area contributed by atoms with E-state index in [1.807, 2.05) is 12.1 Å². The molecule has 29 heavy (non-hydrogen) atoms. The maximum atomic E-state index is 13.3. The number of piperidine rings is 1. The Hall–Kier alpha value is -2.61. The van der Waals surface area contributed by atoms with Crippen LogP contribution in [0.5, 0.6) is 0 Å². The van der Waals surface area contributed by atoms with Crippen molar-refractivity contribution in [2.75, 3.05) is 63.3 Å². The van der Waals surface area contributed by atoms with Crippen molar-refractivity contribution >= 4 is 29.1 Å². The molecule has 8 heteroatoms. The van der Waals surface area contributed by atoms with Gasteiger partial charge in [-0.15, -0.1) is 0 Å². The van der Waals surface area contributed by atoms with Gasteiger partial charge >= 0.3 is 0 Å². The van der Waals surface area contributed by atoms with E-state index >= 15 is 0 Å². The molecule has 1 aromatic carbocycles. The van der Waals surface area contributed by atoms with Crippen LogP contribution < -0.4 is 9.80 Å². The third-order valence-electron chi connectivity index (χ3n) is 5.94. The van der Waals surface area contributed by atoms with Crippen LogP contribution in [0, 0.1) is 0 Å². The molecule has 3 aliphatic heterocycles. The molecule has 156 valence electrons. The lowest BCUT2D eigenvalue weighted by molar-refractivity contribution is -0.135. The Kier molecular flexibility index (Phi) is 5.45. The van der Waals surface area contributed by atoms with Gasteiger partial charge in [0.2, 0.25) is 11.8 Å². The van der Waals surface area contributed by atoms with E-state index in [1.165, 1.54) is 4.90 Å². The molecule has 0 N–H and O–H groups in total. The molecule has 1 unspecified atom stereocenters. The zero-order valence-corrected chi connectivity index (χ0v) is 17.1. The lowest BCUT2D eigenvalue weighted by Gasteiger charge is -2.45. The molecular weight excluding hydrogens is 372 g/mol. The monoisotopic (exact) mass is 400 g/mol. The van der Waals surface area contributed by atoms with Crippen LogP contribution >= 0.6 is 0 Å². The van der Waals surface area contributed by atoms with Crippen LogP contribution in [-0.4, -0.2) is 87.1 Å². The number of rotatable bonds is 3. The summed E-state index contributed by atoms with van der Waals surface area (Å²) in [6, 6.07) is 5.25. The summed E-state index contributed by atoms with van der Waals surface area (Å²) in [6.07, 6.45) is 2.83. The molecule has 0 radical (unpaired) electrons. The summed E-state index contributed by atoms with van der Waals surface area (Å²) in [5.41, 5.74) is 2.10. The molecule has 2 fully saturated rings. The number of hydrogen-bond donors (Lipinski definition) is 0. The van der Waals surface area contributed by atoms with Crippen molar-refractivity contribution in [3.63, 3.8) is 0 Å². The highest BCUT2D eigenvalue weighted by molar-refractivity contribution is 6.09. The highest BCUT2D eigenvalue weighted by Gasteiger charge is 2.40. The van der Waals surface area contributed by atoms with Crippen LogP contribution in [0.25, 0.3) is 0 Å². The van der Waals surface area contributed by atoms with Crippen LogP contribution in [0.1, 0.15) is 29.6 Å². The molecule has 1 atom stereocenters. The molecule has 3 amide bonds. The minimum Gasteiger partial charge on any atom is -0.378 e. The standard InChI is InChI=1S/C21H28N4O4/c1-22(2)20(27)15-6-7-16-18(13-15)25(14-19(26)23-9-11-29-12-10-23)21(28)17-5-3-4-8-24(16)17/h6-7,13,17H,3-5,8-12,14H2,1-2H3. The zero-order valence-electron chi connectivity index (χ0n) is 17.1. The molecule has 8 nitrogen and oxygen atoms in total. The number of carbonyl (C=O) groups excluding carboxylic acids is 3. The molecule has 0 bridgehead atoms. The van der Waals surface area contributed by atoms with E-state index in [2.05, 4.69) is 4.90 Å².